The molecule has 0 aliphatic rings. The van der Waals surface area contributed by atoms with Crippen molar-refractivity contribution in [3.63, 3.8) is 0 Å². The molecule has 0 bridgehead atoms. The number of hydrogen-bond donors (Lipinski definition) is 1. The molecule has 0 aliphatic heterocycles. The summed E-state index contributed by atoms with van der Waals surface area (Å²) in [5, 5.41) is 0. The minimum absolute atomic E-state index is 0.351. The first-order chi connectivity index (χ1) is 12.4. The molecule has 0 spiro atoms. The highest BCUT2D eigenvalue weighted by Crippen LogP contribution is 2.39. The molecule has 2 aromatic rings. The molecule has 6 heteroatoms. The molecule has 5 atom stereocenters. The van der Waals surface area contributed by atoms with Crippen LogP contribution in [0, 0.1) is 17.8 Å². The van der Waals surface area contributed by atoms with Gasteiger partial charge in [-0.05, 0) is 48.1 Å². The molecule has 5 unspecified atom stereocenters. The van der Waals surface area contributed by atoms with Gasteiger partial charge in [0.15, 0.2) is 5.82 Å². The second-order valence-corrected chi connectivity index (χ2v) is 9.69. The average Bonchev–Trinajstić information content (AvgIpc) is 2.67. The van der Waals surface area contributed by atoms with Crippen molar-refractivity contribution in [2.24, 2.45) is 17.8 Å². The van der Waals surface area contributed by atoms with Gasteiger partial charge in [-0.15, -0.1) is 0 Å². The van der Waals surface area contributed by atoms with E-state index in [4.69, 9.17) is 5.73 Å². The van der Waals surface area contributed by atoms with Crippen molar-refractivity contribution >= 4 is 38.0 Å². The van der Waals surface area contributed by atoms with E-state index >= 15 is 0 Å². The maximum atomic E-state index is 11.6. The molecule has 0 amide bonds. The van der Waals surface area contributed by atoms with Crippen LogP contribution in [-0.2, 0) is 3.07 Å². The predicted molar refractivity (Wildman–Crippen MR) is 116 cm³/mol. The first-order valence-corrected chi connectivity index (χ1v) is 11.7. The fraction of sp³-hybridized carbons (Fsp3) is 0.650. The van der Waals surface area contributed by atoms with Gasteiger partial charge in [0, 0.05) is 10.1 Å². The van der Waals surface area contributed by atoms with Crippen molar-refractivity contribution < 1.29 is 3.07 Å². The number of rotatable bonds is 9. The quantitative estimate of drug-likeness (QED) is 0.387. The van der Waals surface area contributed by atoms with E-state index in [2.05, 4.69) is 55.6 Å². The number of nitrogens with two attached hydrogens (primary N) is 1. The van der Waals surface area contributed by atoms with Crippen LogP contribution in [-0.4, -0.2) is 18.9 Å². The van der Waals surface area contributed by atoms with Crippen molar-refractivity contribution in [3.8, 4) is 0 Å². The lowest BCUT2D eigenvalue weighted by Gasteiger charge is -2.34. The molecular formula is C20H31IN4O. The zero-order chi connectivity index (χ0) is 19.3. The third-order valence-electron chi connectivity index (χ3n) is 5.99. The molecule has 2 N–H and O–H groups in total. The number of pyridine rings is 1. The molecule has 0 aliphatic carbocycles. The van der Waals surface area contributed by atoms with Gasteiger partial charge in [0.25, 0.3) is 0 Å². The van der Waals surface area contributed by atoms with Crippen molar-refractivity contribution in [1.82, 2.24) is 15.0 Å². The highest BCUT2D eigenvalue weighted by Gasteiger charge is 2.30. The Balaban J connectivity index is 2.29. The van der Waals surface area contributed by atoms with Gasteiger partial charge in [-0.1, -0.05) is 41.0 Å². The molecule has 0 aromatic carbocycles. The van der Waals surface area contributed by atoms with E-state index in [1.54, 1.807) is 0 Å². The lowest BCUT2D eigenvalue weighted by atomic mass is 9.72. The minimum atomic E-state index is -0.945. The summed E-state index contributed by atoms with van der Waals surface area (Å²) in [6, 6.07) is 2.09. The first-order valence-electron chi connectivity index (χ1n) is 9.54. The zero-order valence-corrected chi connectivity index (χ0v) is 18.6. The highest BCUT2D eigenvalue weighted by molar-refractivity contribution is 14.1. The Morgan fingerprint density at radius 1 is 1.12 bits per heavy atom. The lowest BCUT2D eigenvalue weighted by molar-refractivity contribution is 0.209. The Kier molecular flexibility index (Phi) is 7.85. The van der Waals surface area contributed by atoms with Gasteiger partial charge in [-0.25, -0.2) is 9.97 Å². The minimum Gasteiger partial charge on any atom is -0.382 e. The number of fused-ring (bicyclic) bond motifs is 1. The Labute approximate surface area is 167 Å². The number of anilines is 1. The highest BCUT2D eigenvalue weighted by atomic mass is 127. The fourth-order valence-electron chi connectivity index (χ4n) is 3.73. The zero-order valence-electron chi connectivity index (χ0n) is 16.4. The molecular weight excluding hydrogens is 439 g/mol. The van der Waals surface area contributed by atoms with Crippen molar-refractivity contribution in [3.05, 3.63) is 24.2 Å². The van der Waals surface area contributed by atoms with Crippen LogP contribution in [0.3, 0.4) is 0 Å². The maximum Gasteiger partial charge on any atom is 0.153 e. The van der Waals surface area contributed by atoms with Gasteiger partial charge in [0.1, 0.15) is 33.0 Å². The summed E-state index contributed by atoms with van der Waals surface area (Å²) in [5.41, 5.74) is 8.54. The van der Waals surface area contributed by atoms with E-state index in [9.17, 15) is 3.07 Å². The second kappa shape index (κ2) is 9.67. The first kappa shape index (κ1) is 21.1. The molecule has 2 rings (SSSR count). The Morgan fingerprint density at radius 2 is 1.85 bits per heavy atom. The summed E-state index contributed by atoms with van der Waals surface area (Å²) < 4.78 is 12.0. The van der Waals surface area contributed by atoms with Crippen LogP contribution in [0.5, 0.6) is 0 Å². The van der Waals surface area contributed by atoms with Crippen LogP contribution in [0.4, 0.5) is 5.82 Å². The molecule has 0 fully saturated rings. The normalized spacial score (nSPS) is 17.6. The van der Waals surface area contributed by atoms with Crippen LogP contribution in [0.1, 0.15) is 65.4 Å². The maximum absolute atomic E-state index is 11.6. The van der Waals surface area contributed by atoms with Crippen LogP contribution in [0.2, 0.25) is 0 Å². The van der Waals surface area contributed by atoms with E-state index in [-0.39, 0.29) is 0 Å². The van der Waals surface area contributed by atoms with E-state index < -0.39 is 21.2 Å². The van der Waals surface area contributed by atoms with E-state index in [0.717, 1.165) is 24.8 Å². The Morgan fingerprint density at radius 3 is 2.46 bits per heavy atom. The van der Waals surface area contributed by atoms with Crippen LogP contribution in [0.15, 0.2) is 18.6 Å². The molecule has 5 nitrogen and oxygen atoms in total. The second-order valence-electron chi connectivity index (χ2n) is 7.42. The summed E-state index contributed by atoms with van der Waals surface area (Å²) >= 11 is -0.945. The molecule has 144 valence electrons. The monoisotopic (exact) mass is 470 g/mol. The Hall–Kier alpha value is -1.18. The molecule has 0 saturated carbocycles. The summed E-state index contributed by atoms with van der Waals surface area (Å²) in [4.78, 5) is 12.8. The van der Waals surface area contributed by atoms with Crippen LogP contribution < -0.4 is 5.73 Å². The molecule has 0 saturated heterocycles. The molecule has 0 radical (unpaired) electrons. The topological polar surface area (TPSA) is 81.8 Å². The smallest absolute Gasteiger partial charge is 0.153 e. The van der Waals surface area contributed by atoms with E-state index in [1.807, 2.05) is 6.20 Å². The largest absolute Gasteiger partial charge is 0.382 e. The van der Waals surface area contributed by atoms with Gasteiger partial charge in [0.05, 0.1) is 5.52 Å². The van der Waals surface area contributed by atoms with Crippen LogP contribution >= 0.6 is 21.2 Å². The Bertz CT molecular complexity index is 739. The summed E-state index contributed by atoms with van der Waals surface area (Å²) in [6.07, 6.45) is 6.62. The van der Waals surface area contributed by atoms with Gasteiger partial charge in [-0.2, -0.15) is 0 Å². The third kappa shape index (κ3) is 4.75. The molecule has 2 heterocycles. The lowest BCUT2D eigenvalue weighted by Crippen LogP contribution is -2.26. The van der Waals surface area contributed by atoms with Crippen molar-refractivity contribution in [2.45, 2.75) is 63.7 Å². The van der Waals surface area contributed by atoms with E-state index in [0.29, 0.717) is 38.9 Å². The fourth-order valence-corrected chi connectivity index (χ4v) is 4.89. The number of alkyl halides is 1. The number of halogens is 1. The summed E-state index contributed by atoms with van der Waals surface area (Å²) in [6.45, 7) is 11.3. The SMILES string of the molecule is CCC(CC(C(C)CC)C(C)C(C)c1cnc2c(N)ncnc2c1)I=O. The van der Waals surface area contributed by atoms with Crippen LogP contribution in [0.25, 0.3) is 11.0 Å². The van der Waals surface area contributed by atoms with Gasteiger partial charge in [-0.3, -0.25) is 8.05 Å². The van der Waals surface area contributed by atoms with Gasteiger partial charge >= 0.3 is 0 Å². The molecule has 26 heavy (non-hydrogen) atoms. The summed E-state index contributed by atoms with van der Waals surface area (Å²) in [7, 11) is 0. The van der Waals surface area contributed by atoms with Gasteiger partial charge in [0.2, 0.25) is 0 Å². The number of nitrogens with zero attached hydrogens (tertiary/aromatic N) is 3. The number of aromatic nitrogens is 3. The van der Waals surface area contributed by atoms with Gasteiger partial charge < -0.3 is 5.73 Å². The third-order valence-corrected chi connectivity index (χ3v) is 8.10. The van der Waals surface area contributed by atoms with Crippen molar-refractivity contribution in [2.75, 3.05) is 5.73 Å². The molecule has 2 aromatic heterocycles. The number of nitrogen functional groups attached to an aromatic ring is 1. The average molecular weight is 470 g/mol. The predicted octanol–water partition coefficient (Wildman–Crippen LogP) is 5.49. The standard InChI is InChI=1S/C20H31IN4O/c1-6-12(3)17(9-16(7-2)21-26)14(5)13(4)15-8-18-19(23-10-15)20(22)25-11-24-18/h8,10-14,16-17H,6-7,9H2,1-5H3,(H2,22,24,25). The van der Waals surface area contributed by atoms with E-state index in [1.165, 1.54) is 11.9 Å². The number of hydrogen-bond acceptors (Lipinski definition) is 5. The van der Waals surface area contributed by atoms with Crippen molar-refractivity contribution in [1.29, 1.82) is 0 Å². The summed E-state index contributed by atoms with van der Waals surface area (Å²) in [5.74, 6) is 2.42.